The molecular formula is C14H15F2N3. The second-order valence-corrected chi connectivity index (χ2v) is 4.29. The molecule has 19 heavy (non-hydrogen) atoms. The van der Waals surface area contributed by atoms with Crippen molar-refractivity contribution in [3.05, 3.63) is 65.5 Å². The quantitative estimate of drug-likeness (QED) is 0.643. The highest BCUT2D eigenvalue weighted by Crippen LogP contribution is 2.22. The highest BCUT2D eigenvalue weighted by atomic mass is 19.1. The van der Waals surface area contributed by atoms with E-state index in [0.717, 1.165) is 17.7 Å². The van der Waals surface area contributed by atoms with Gasteiger partial charge in [-0.15, -0.1) is 0 Å². The van der Waals surface area contributed by atoms with E-state index in [1.54, 1.807) is 12.4 Å². The Bertz CT molecular complexity index is 531. The van der Waals surface area contributed by atoms with Crippen LogP contribution in [0.5, 0.6) is 0 Å². The minimum Gasteiger partial charge on any atom is -0.271 e. The van der Waals surface area contributed by atoms with E-state index >= 15 is 0 Å². The van der Waals surface area contributed by atoms with E-state index in [1.807, 2.05) is 12.1 Å². The van der Waals surface area contributed by atoms with Crippen LogP contribution in [0.3, 0.4) is 0 Å². The summed E-state index contributed by atoms with van der Waals surface area (Å²) in [6, 6.07) is 6.71. The molecule has 0 fully saturated rings. The van der Waals surface area contributed by atoms with Gasteiger partial charge in [0, 0.05) is 24.0 Å². The van der Waals surface area contributed by atoms with Gasteiger partial charge in [-0.25, -0.2) is 8.78 Å². The smallest absolute Gasteiger partial charge is 0.128 e. The summed E-state index contributed by atoms with van der Waals surface area (Å²) >= 11 is 0. The molecule has 3 nitrogen and oxygen atoms in total. The molecule has 1 aromatic heterocycles. The molecule has 0 bridgehead atoms. The molecule has 0 radical (unpaired) electrons. The summed E-state index contributed by atoms with van der Waals surface area (Å²) < 4.78 is 26.8. The van der Waals surface area contributed by atoms with Crippen molar-refractivity contribution in [1.82, 2.24) is 10.4 Å². The van der Waals surface area contributed by atoms with Gasteiger partial charge in [-0.05, 0) is 42.7 Å². The monoisotopic (exact) mass is 263 g/mol. The molecule has 0 aliphatic heterocycles. The Morgan fingerprint density at radius 1 is 1.26 bits per heavy atom. The second kappa shape index (κ2) is 6.36. The van der Waals surface area contributed by atoms with Crippen molar-refractivity contribution in [1.29, 1.82) is 0 Å². The van der Waals surface area contributed by atoms with Gasteiger partial charge in [0.25, 0.3) is 0 Å². The molecule has 5 heteroatoms. The van der Waals surface area contributed by atoms with E-state index in [0.29, 0.717) is 12.8 Å². The van der Waals surface area contributed by atoms with Crippen LogP contribution in [-0.2, 0) is 6.42 Å². The highest BCUT2D eigenvalue weighted by Gasteiger charge is 2.15. The Balaban J connectivity index is 2.10. The highest BCUT2D eigenvalue weighted by molar-refractivity contribution is 5.22. The first-order chi connectivity index (χ1) is 9.20. The molecule has 1 aromatic carbocycles. The molecule has 0 spiro atoms. The molecule has 0 aliphatic carbocycles. The average molecular weight is 263 g/mol. The zero-order valence-electron chi connectivity index (χ0n) is 10.3. The normalized spacial score (nSPS) is 12.4. The van der Waals surface area contributed by atoms with Crippen molar-refractivity contribution in [3.63, 3.8) is 0 Å². The summed E-state index contributed by atoms with van der Waals surface area (Å²) in [5.74, 6) is 4.50. The molecule has 3 N–H and O–H groups in total. The number of hydrazine groups is 1. The summed E-state index contributed by atoms with van der Waals surface area (Å²) in [4.78, 5) is 4.01. The molecule has 2 aromatic rings. The van der Waals surface area contributed by atoms with Gasteiger partial charge in [0.15, 0.2) is 0 Å². The van der Waals surface area contributed by atoms with E-state index in [1.165, 1.54) is 6.07 Å². The van der Waals surface area contributed by atoms with Crippen LogP contribution in [0.4, 0.5) is 8.78 Å². The van der Waals surface area contributed by atoms with Gasteiger partial charge in [0.1, 0.15) is 11.6 Å². The average Bonchev–Trinajstić information content (AvgIpc) is 2.44. The number of hydrogen-bond donors (Lipinski definition) is 2. The molecule has 0 saturated heterocycles. The lowest BCUT2D eigenvalue weighted by Gasteiger charge is -2.17. The summed E-state index contributed by atoms with van der Waals surface area (Å²) in [5, 5.41) is 0. The standard InChI is InChI=1S/C14H15F2N3/c15-11-4-5-13(16)12(8-11)14(19-17)6-3-10-2-1-7-18-9-10/h1-2,4-5,7-9,14,19H,3,6,17H2. The van der Waals surface area contributed by atoms with Crippen molar-refractivity contribution in [2.75, 3.05) is 0 Å². The Morgan fingerprint density at radius 2 is 2.11 bits per heavy atom. The first kappa shape index (κ1) is 13.6. The summed E-state index contributed by atoms with van der Waals surface area (Å²) in [6.45, 7) is 0. The van der Waals surface area contributed by atoms with E-state index in [4.69, 9.17) is 5.84 Å². The van der Waals surface area contributed by atoms with Gasteiger partial charge in [0.2, 0.25) is 0 Å². The van der Waals surface area contributed by atoms with Gasteiger partial charge in [-0.2, -0.15) is 0 Å². The number of nitrogens with zero attached hydrogens (tertiary/aromatic N) is 1. The lowest BCUT2D eigenvalue weighted by atomic mass is 9.99. The van der Waals surface area contributed by atoms with Crippen molar-refractivity contribution in [3.8, 4) is 0 Å². The fraction of sp³-hybridized carbons (Fsp3) is 0.214. The molecule has 1 atom stereocenters. The lowest BCUT2D eigenvalue weighted by molar-refractivity contribution is 0.479. The zero-order valence-corrected chi connectivity index (χ0v) is 10.3. The molecular weight excluding hydrogens is 248 g/mol. The van der Waals surface area contributed by atoms with Crippen molar-refractivity contribution in [2.24, 2.45) is 5.84 Å². The van der Waals surface area contributed by atoms with E-state index in [9.17, 15) is 8.78 Å². The Kier molecular flexibility index (Phi) is 4.54. The number of aromatic nitrogens is 1. The second-order valence-electron chi connectivity index (χ2n) is 4.29. The van der Waals surface area contributed by atoms with Crippen LogP contribution in [0.1, 0.15) is 23.6 Å². The molecule has 100 valence electrons. The minimum atomic E-state index is -0.474. The third kappa shape index (κ3) is 3.56. The minimum absolute atomic E-state index is 0.242. The maximum atomic E-state index is 13.7. The first-order valence-electron chi connectivity index (χ1n) is 6.00. The number of nitrogens with one attached hydrogen (secondary N) is 1. The van der Waals surface area contributed by atoms with Crippen LogP contribution in [-0.4, -0.2) is 4.98 Å². The molecule has 1 heterocycles. The molecule has 0 amide bonds. The van der Waals surface area contributed by atoms with E-state index in [2.05, 4.69) is 10.4 Å². The van der Waals surface area contributed by atoms with Crippen LogP contribution in [0.2, 0.25) is 0 Å². The Morgan fingerprint density at radius 3 is 2.79 bits per heavy atom. The van der Waals surface area contributed by atoms with Crippen LogP contribution in [0, 0.1) is 11.6 Å². The van der Waals surface area contributed by atoms with Crippen molar-refractivity contribution in [2.45, 2.75) is 18.9 Å². The van der Waals surface area contributed by atoms with Gasteiger partial charge >= 0.3 is 0 Å². The van der Waals surface area contributed by atoms with Crippen molar-refractivity contribution < 1.29 is 8.78 Å². The number of rotatable bonds is 5. The lowest BCUT2D eigenvalue weighted by Crippen LogP contribution is -2.29. The molecule has 0 saturated carbocycles. The number of halogens is 2. The number of aryl methyl sites for hydroxylation is 1. The Labute approximate surface area is 110 Å². The predicted octanol–water partition coefficient (Wildman–Crippen LogP) is 2.50. The maximum absolute atomic E-state index is 13.7. The van der Waals surface area contributed by atoms with Crippen LogP contribution < -0.4 is 11.3 Å². The van der Waals surface area contributed by atoms with Gasteiger partial charge in [0.05, 0.1) is 0 Å². The summed E-state index contributed by atoms with van der Waals surface area (Å²) in [5.41, 5.74) is 3.80. The van der Waals surface area contributed by atoms with E-state index < -0.39 is 17.7 Å². The molecule has 2 rings (SSSR count). The fourth-order valence-electron chi connectivity index (χ4n) is 1.97. The number of nitrogens with two attached hydrogens (primary N) is 1. The van der Waals surface area contributed by atoms with Crippen LogP contribution >= 0.6 is 0 Å². The SMILES string of the molecule is NNC(CCc1cccnc1)c1cc(F)ccc1F. The fourth-order valence-corrected chi connectivity index (χ4v) is 1.97. The molecule has 0 aliphatic rings. The largest absolute Gasteiger partial charge is 0.271 e. The third-order valence-electron chi connectivity index (χ3n) is 2.98. The summed E-state index contributed by atoms with van der Waals surface area (Å²) in [6.07, 6.45) is 4.67. The van der Waals surface area contributed by atoms with Crippen LogP contribution in [0.25, 0.3) is 0 Å². The van der Waals surface area contributed by atoms with E-state index in [-0.39, 0.29) is 5.56 Å². The Hall–Kier alpha value is -1.85. The van der Waals surface area contributed by atoms with Crippen LogP contribution in [0.15, 0.2) is 42.7 Å². The number of pyridine rings is 1. The number of benzene rings is 1. The molecule has 1 unspecified atom stereocenters. The maximum Gasteiger partial charge on any atom is 0.128 e. The predicted molar refractivity (Wildman–Crippen MR) is 69.0 cm³/mol. The summed E-state index contributed by atoms with van der Waals surface area (Å²) in [7, 11) is 0. The zero-order chi connectivity index (χ0) is 13.7. The topological polar surface area (TPSA) is 50.9 Å². The van der Waals surface area contributed by atoms with Gasteiger partial charge in [-0.1, -0.05) is 6.07 Å². The third-order valence-corrected chi connectivity index (χ3v) is 2.98. The number of hydrogen-bond acceptors (Lipinski definition) is 3. The van der Waals surface area contributed by atoms with Crippen molar-refractivity contribution >= 4 is 0 Å². The van der Waals surface area contributed by atoms with Gasteiger partial charge in [-0.3, -0.25) is 16.3 Å². The van der Waals surface area contributed by atoms with Gasteiger partial charge < -0.3 is 0 Å². The first-order valence-corrected chi connectivity index (χ1v) is 6.00.